The zero-order valence-corrected chi connectivity index (χ0v) is 19.5. The van der Waals surface area contributed by atoms with Crippen LogP contribution in [0.5, 0.6) is 11.5 Å². The van der Waals surface area contributed by atoms with Crippen molar-refractivity contribution < 1.29 is 19.1 Å². The van der Waals surface area contributed by atoms with Crippen LogP contribution in [-0.2, 0) is 15.0 Å². The smallest absolute Gasteiger partial charge is 0.343 e. The van der Waals surface area contributed by atoms with Gasteiger partial charge < -0.3 is 9.47 Å². The molecule has 0 fully saturated rings. The molecule has 0 aliphatic heterocycles. The lowest BCUT2D eigenvalue weighted by atomic mass is 9.78. The van der Waals surface area contributed by atoms with Crippen molar-refractivity contribution in [2.75, 3.05) is 0 Å². The second kappa shape index (κ2) is 10.3. The second-order valence-corrected chi connectivity index (χ2v) is 8.78. The van der Waals surface area contributed by atoms with Gasteiger partial charge >= 0.3 is 11.9 Å². The highest BCUT2D eigenvalue weighted by molar-refractivity contribution is 5.94. The first-order valence-electron chi connectivity index (χ1n) is 11.5. The van der Waals surface area contributed by atoms with Gasteiger partial charge in [-0.2, -0.15) is 0 Å². The van der Waals surface area contributed by atoms with Crippen LogP contribution in [0, 0.1) is 0 Å². The van der Waals surface area contributed by atoms with Crippen LogP contribution >= 0.6 is 0 Å². The molecule has 2 aliphatic rings. The quantitative estimate of drug-likeness (QED) is 0.369. The average Bonchev–Trinajstić information content (AvgIpc) is 3.15. The number of hydrogen-bond donors (Lipinski definition) is 0. The summed E-state index contributed by atoms with van der Waals surface area (Å²) in [5.41, 5.74) is 2.98. The summed E-state index contributed by atoms with van der Waals surface area (Å²) >= 11 is 0. The number of esters is 2. The van der Waals surface area contributed by atoms with Gasteiger partial charge in [0.1, 0.15) is 11.5 Å². The van der Waals surface area contributed by atoms with Crippen LogP contribution in [0.25, 0.3) is 0 Å². The van der Waals surface area contributed by atoms with Crippen molar-refractivity contribution in [1.29, 1.82) is 0 Å². The van der Waals surface area contributed by atoms with E-state index in [4.69, 9.17) is 9.47 Å². The molecule has 4 nitrogen and oxygen atoms in total. The third-order valence-electron chi connectivity index (χ3n) is 6.02. The van der Waals surface area contributed by atoms with E-state index < -0.39 is 0 Å². The van der Waals surface area contributed by atoms with Crippen LogP contribution in [-0.4, -0.2) is 11.9 Å². The Morgan fingerprint density at radius 3 is 1.82 bits per heavy atom. The molecule has 0 N–H and O–H groups in total. The van der Waals surface area contributed by atoms with Crippen molar-refractivity contribution in [1.82, 2.24) is 0 Å². The molecular formula is C30H28O4. The SMILES string of the molecule is CC(C)(c1ccc(OC(=O)C2=CC=CCC=C2)cc1)c1ccc(OC(=O)C2=CCCC=C2)cc1. The Hall–Kier alpha value is -3.92. The lowest BCUT2D eigenvalue weighted by Gasteiger charge is -2.26. The van der Waals surface area contributed by atoms with Gasteiger partial charge in [-0.25, -0.2) is 9.59 Å². The summed E-state index contributed by atoms with van der Waals surface area (Å²) in [5, 5.41) is 0. The summed E-state index contributed by atoms with van der Waals surface area (Å²) in [7, 11) is 0. The Bertz CT molecular complexity index is 1200. The average molecular weight is 453 g/mol. The lowest BCUT2D eigenvalue weighted by Crippen LogP contribution is -2.19. The normalized spacial score (nSPS) is 15.2. The number of benzene rings is 2. The van der Waals surface area contributed by atoms with Crippen LogP contribution in [0.3, 0.4) is 0 Å². The van der Waals surface area contributed by atoms with E-state index in [1.807, 2.05) is 85.0 Å². The fraction of sp³-hybridized carbons (Fsp3) is 0.200. The van der Waals surface area contributed by atoms with E-state index in [-0.39, 0.29) is 17.4 Å². The maximum absolute atomic E-state index is 12.4. The summed E-state index contributed by atoms with van der Waals surface area (Å²) in [6.07, 6.45) is 17.6. The van der Waals surface area contributed by atoms with Gasteiger partial charge in [-0.05, 0) is 60.7 Å². The molecule has 0 atom stereocenters. The predicted octanol–water partition coefficient (Wildman–Crippen LogP) is 6.54. The molecule has 2 aromatic carbocycles. The first-order chi connectivity index (χ1) is 16.4. The molecule has 34 heavy (non-hydrogen) atoms. The highest BCUT2D eigenvalue weighted by Gasteiger charge is 2.24. The molecule has 0 unspecified atom stereocenters. The van der Waals surface area contributed by atoms with Gasteiger partial charge in [-0.1, -0.05) is 80.6 Å². The molecule has 0 spiro atoms. The molecule has 0 aromatic heterocycles. The summed E-state index contributed by atoms with van der Waals surface area (Å²) in [6.45, 7) is 4.25. The van der Waals surface area contributed by atoms with E-state index in [0.717, 1.165) is 30.4 Å². The number of carbonyl (C=O) groups is 2. The third-order valence-corrected chi connectivity index (χ3v) is 6.02. The first kappa shape index (κ1) is 23.2. The van der Waals surface area contributed by atoms with E-state index in [1.165, 1.54) is 0 Å². The maximum Gasteiger partial charge on any atom is 0.343 e. The fourth-order valence-electron chi connectivity index (χ4n) is 3.86. The molecule has 0 heterocycles. The zero-order valence-electron chi connectivity index (χ0n) is 19.5. The van der Waals surface area contributed by atoms with E-state index in [2.05, 4.69) is 13.8 Å². The highest BCUT2D eigenvalue weighted by Crippen LogP contribution is 2.33. The second-order valence-electron chi connectivity index (χ2n) is 8.78. The van der Waals surface area contributed by atoms with E-state index in [0.29, 0.717) is 22.6 Å². The van der Waals surface area contributed by atoms with Crippen molar-refractivity contribution in [2.45, 2.75) is 38.5 Å². The molecule has 0 bridgehead atoms. The van der Waals surface area contributed by atoms with Gasteiger partial charge in [-0.3, -0.25) is 0 Å². The molecule has 2 aliphatic carbocycles. The van der Waals surface area contributed by atoms with E-state index in [9.17, 15) is 9.59 Å². The van der Waals surface area contributed by atoms with Gasteiger partial charge in [0.2, 0.25) is 0 Å². The summed E-state index contributed by atoms with van der Waals surface area (Å²) < 4.78 is 11.1. The highest BCUT2D eigenvalue weighted by atomic mass is 16.5. The molecule has 2 aromatic rings. The molecule has 0 amide bonds. The number of allylic oxidation sites excluding steroid dienone is 6. The minimum atomic E-state index is -0.376. The number of ether oxygens (including phenoxy) is 2. The molecule has 172 valence electrons. The molecular weight excluding hydrogens is 424 g/mol. The Kier molecular flexibility index (Phi) is 7.07. The van der Waals surface area contributed by atoms with E-state index >= 15 is 0 Å². The molecule has 0 saturated heterocycles. The van der Waals surface area contributed by atoms with Crippen LogP contribution in [0.1, 0.15) is 44.2 Å². The van der Waals surface area contributed by atoms with E-state index in [1.54, 1.807) is 12.2 Å². The van der Waals surface area contributed by atoms with Gasteiger partial charge in [0.05, 0.1) is 11.1 Å². The molecule has 0 radical (unpaired) electrons. The van der Waals surface area contributed by atoms with Crippen molar-refractivity contribution in [3.8, 4) is 11.5 Å². The largest absolute Gasteiger partial charge is 0.423 e. The van der Waals surface area contributed by atoms with Gasteiger partial charge in [0, 0.05) is 5.41 Å². The lowest BCUT2D eigenvalue weighted by molar-refractivity contribution is -0.130. The maximum atomic E-state index is 12.4. The first-order valence-corrected chi connectivity index (χ1v) is 11.5. The van der Waals surface area contributed by atoms with Crippen molar-refractivity contribution >= 4 is 11.9 Å². The van der Waals surface area contributed by atoms with Gasteiger partial charge in [-0.15, -0.1) is 0 Å². The molecule has 0 saturated carbocycles. The monoisotopic (exact) mass is 452 g/mol. The third kappa shape index (κ3) is 5.52. The van der Waals surface area contributed by atoms with Crippen molar-refractivity contribution in [3.05, 3.63) is 119 Å². The van der Waals surface area contributed by atoms with Crippen LogP contribution in [0.4, 0.5) is 0 Å². The number of hydrogen-bond acceptors (Lipinski definition) is 4. The fourth-order valence-corrected chi connectivity index (χ4v) is 3.86. The topological polar surface area (TPSA) is 52.6 Å². The van der Waals surface area contributed by atoms with Crippen molar-refractivity contribution in [3.63, 3.8) is 0 Å². The number of carbonyl (C=O) groups excluding carboxylic acids is 2. The van der Waals surface area contributed by atoms with Crippen LogP contribution < -0.4 is 9.47 Å². The van der Waals surface area contributed by atoms with Crippen molar-refractivity contribution in [2.24, 2.45) is 0 Å². The Morgan fingerprint density at radius 1 is 0.706 bits per heavy atom. The Morgan fingerprint density at radius 2 is 1.26 bits per heavy atom. The molecule has 4 rings (SSSR count). The standard InChI is InChI=1S/C30H28O4/c1-30(2,25-16-20-27(21-17-25)34-29(32)23-12-8-5-9-13-23)24-14-18-26(19-15-24)33-28(31)22-10-6-3-4-7-11-22/h3,6-8,10-21H,4-5,9H2,1-2H3. The van der Waals surface area contributed by atoms with Crippen LogP contribution in [0.15, 0.2) is 108 Å². The summed E-state index contributed by atoms with van der Waals surface area (Å²) in [4.78, 5) is 24.7. The van der Waals surface area contributed by atoms with Crippen LogP contribution in [0.2, 0.25) is 0 Å². The van der Waals surface area contributed by atoms with Gasteiger partial charge in [0.15, 0.2) is 0 Å². The minimum Gasteiger partial charge on any atom is -0.423 e. The summed E-state index contributed by atoms with van der Waals surface area (Å²) in [6, 6.07) is 15.1. The predicted molar refractivity (Wildman–Crippen MR) is 134 cm³/mol. The zero-order chi connectivity index (χ0) is 24.0. The summed E-state index contributed by atoms with van der Waals surface area (Å²) in [5.74, 6) is 0.308. The Balaban J connectivity index is 1.42. The Labute approximate surface area is 200 Å². The minimum absolute atomic E-state index is 0.295. The number of rotatable bonds is 6. The van der Waals surface area contributed by atoms with Gasteiger partial charge in [0.25, 0.3) is 0 Å². The molecule has 4 heteroatoms.